The maximum Gasteiger partial charge on any atom is 0.338 e. The number of anilines is 2. The average molecular weight is 273 g/mol. The van der Waals surface area contributed by atoms with Crippen molar-refractivity contribution in [2.75, 3.05) is 11.9 Å². The molecule has 0 atom stereocenters. The molecular weight excluding hydrogens is 254 g/mol. The van der Waals surface area contributed by atoms with Crippen LogP contribution in [0.5, 0.6) is 0 Å². The largest absolute Gasteiger partial charge is 0.462 e. The Morgan fingerprint density at radius 1 is 1.40 bits per heavy atom. The number of hydrogen-bond donors (Lipinski definition) is 1. The molecule has 1 heterocycles. The number of esters is 1. The zero-order chi connectivity index (χ0) is 14.7. The molecule has 0 unspecified atom stereocenters. The summed E-state index contributed by atoms with van der Waals surface area (Å²) < 4.78 is 6.83. The number of nitrogens with one attached hydrogen (secondary N) is 1. The molecule has 1 aromatic carbocycles. The lowest BCUT2D eigenvalue weighted by molar-refractivity contribution is 0.0526. The Kier molecular flexibility index (Phi) is 4.08. The summed E-state index contributed by atoms with van der Waals surface area (Å²) in [6, 6.07) is 7.26. The van der Waals surface area contributed by atoms with Crippen molar-refractivity contribution in [3.63, 3.8) is 0 Å². The van der Waals surface area contributed by atoms with Gasteiger partial charge in [-0.05, 0) is 39.0 Å². The Labute approximate surface area is 118 Å². The molecule has 0 aliphatic heterocycles. The molecule has 5 heteroatoms. The number of carbonyl (C=O) groups excluding carboxylic acids is 1. The van der Waals surface area contributed by atoms with E-state index < -0.39 is 0 Å². The Morgan fingerprint density at radius 3 is 2.75 bits per heavy atom. The van der Waals surface area contributed by atoms with Gasteiger partial charge in [-0.2, -0.15) is 5.10 Å². The number of nitrogens with zero attached hydrogens (tertiary/aromatic N) is 2. The first kappa shape index (κ1) is 14.1. The number of ether oxygens (including phenoxy) is 1. The van der Waals surface area contributed by atoms with Gasteiger partial charge in [0.15, 0.2) is 0 Å². The predicted molar refractivity (Wildman–Crippen MR) is 78.4 cm³/mol. The van der Waals surface area contributed by atoms with Crippen LogP contribution in [0.15, 0.2) is 24.3 Å². The molecular formula is C15H19N3O2. The third-order valence-corrected chi connectivity index (χ3v) is 3.15. The zero-order valence-electron chi connectivity index (χ0n) is 12.2. The standard InChI is InChI=1S/C15H19N3O2/c1-5-20-15(19)12-7-6-8-13(9-12)16-14-10(2)17-18(4)11(14)3/h6-9,16H,5H2,1-4H3. The number of hydrogen-bond acceptors (Lipinski definition) is 4. The molecule has 5 nitrogen and oxygen atoms in total. The molecule has 1 N–H and O–H groups in total. The molecule has 2 rings (SSSR count). The molecule has 0 aliphatic rings. The summed E-state index contributed by atoms with van der Waals surface area (Å²) in [7, 11) is 1.91. The molecule has 0 spiro atoms. The lowest BCUT2D eigenvalue weighted by Gasteiger charge is -2.08. The van der Waals surface area contributed by atoms with Gasteiger partial charge in [-0.25, -0.2) is 4.79 Å². The highest BCUT2D eigenvalue weighted by molar-refractivity contribution is 5.90. The highest BCUT2D eigenvalue weighted by Gasteiger charge is 2.11. The number of benzene rings is 1. The van der Waals surface area contributed by atoms with Crippen molar-refractivity contribution in [3.8, 4) is 0 Å². The van der Waals surface area contributed by atoms with Crippen LogP contribution in [-0.2, 0) is 11.8 Å². The fraction of sp³-hybridized carbons (Fsp3) is 0.333. The van der Waals surface area contributed by atoms with Crippen molar-refractivity contribution in [1.82, 2.24) is 9.78 Å². The quantitative estimate of drug-likeness (QED) is 0.870. The van der Waals surface area contributed by atoms with Gasteiger partial charge in [-0.3, -0.25) is 4.68 Å². The summed E-state index contributed by atoms with van der Waals surface area (Å²) >= 11 is 0. The monoisotopic (exact) mass is 273 g/mol. The summed E-state index contributed by atoms with van der Waals surface area (Å²) in [6.45, 7) is 6.11. The van der Waals surface area contributed by atoms with E-state index in [2.05, 4.69) is 10.4 Å². The topological polar surface area (TPSA) is 56.1 Å². The highest BCUT2D eigenvalue weighted by atomic mass is 16.5. The first-order valence-corrected chi connectivity index (χ1v) is 6.57. The molecule has 0 saturated heterocycles. The number of aryl methyl sites for hydroxylation is 2. The third kappa shape index (κ3) is 2.82. The third-order valence-electron chi connectivity index (χ3n) is 3.15. The van der Waals surface area contributed by atoms with E-state index in [-0.39, 0.29) is 5.97 Å². The Bertz CT molecular complexity index is 632. The van der Waals surface area contributed by atoms with Crippen molar-refractivity contribution in [3.05, 3.63) is 41.2 Å². The second-order valence-electron chi connectivity index (χ2n) is 4.60. The van der Waals surface area contributed by atoms with E-state index >= 15 is 0 Å². The summed E-state index contributed by atoms with van der Waals surface area (Å²) in [5.41, 5.74) is 4.31. The van der Waals surface area contributed by atoms with Crippen molar-refractivity contribution in [2.24, 2.45) is 7.05 Å². The van der Waals surface area contributed by atoms with Crippen LogP contribution in [0, 0.1) is 13.8 Å². The van der Waals surface area contributed by atoms with Crippen LogP contribution in [-0.4, -0.2) is 22.4 Å². The van der Waals surface area contributed by atoms with Gasteiger partial charge in [0.2, 0.25) is 0 Å². The van der Waals surface area contributed by atoms with Gasteiger partial charge in [0, 0.05) is 12.7 Å². The van der Waals surface area contributed by atoms with Gasteiger partial charge >= 0.3 is 5.97 Å². The van der Waals surface area contributed by atoms with Crippen molar-refractivity contribution >= 4 is 17.3 Å². The van der Waals surface area contributed by atoms with E-state index in [1.165, 1.54) is 0 Å². The maximum atomic E-state index is 11.7. The molecule has 0 fully saturated rings. The number of carbonyl (C=O) groups is 1. The number of rotatable bonds is 4. The zero-order valence-corrected chi connectivity index (χ0v) is 12.2. The van der Waals surface area contributed by atoms with Gasteiger partial charge in [0.05, 0.1) is 29.2 Å². The molecule has 0 saturated carbocycles. The average Bonchev–Trinajstić information content (AvgIpc) is 2.66. The molecule has 2 aromatic rings. The van der Waals surface area contributed by atoms with E-state index in [1.54, 1.807) is 19.1 Å². The highest BCUT2D eigenvalue weighted by Crippen LogP contribution is 2.24. The van der Waals surface area contributed by atoms with E-state index in [4.69, 9.17) is 4.74 Å². The summed E-state index contributed by atoms with van der Waals surface area (Å²) in [5.74, 6) is -0.309. The van der Waals surface area contributed by atoms with Gasteiger partial charge in [0.1, 0.15) is 0 Å². The van der Waals surface area contributed by atoms with Crippen molar-refractivity contribution < 1.29 is 9.53 Å². The SMILES string of the molecule is CCOC(=O)c1cccc(Nc2c(C)nn(C)c2C)c1. The van der Waals surface area contributed by atoms with Crippen LogP contribution < -0.4 is 5.32 Å². The minimum Gasteiger partial charge on any atom is -0.462 e. The lowest BCUT2D eigenvalue weighted by Crippen LogP contribution is -2.05. The van der Waals surface area contributed by atoms with Crippen LogP contribution >= 0.6 is 0 Å². The van der Waals surface area contributed by atoms with Crippen LogP contribution in [0.2, 0.25) is 0 Å². The Hall–Kier alpha value is -2.30. The smallest absolute Gasteiger partial charge is 0.338 e. The van der Waals surface area contributed by atoms with E-state index in [0.717, 1.165) is 22.8 Å². The molecule has 0 radical (unpaired) electrons. The first-order chi connectivity index (χ1) is 9.52. The molecule has 0 aliphatic carbocycles. The minimum atomic E-state index is -0.309. The van der Waals surface area contributed by atoms with Crippen molar-refractivity contribution in [2.45, 2.75) is 20.8 Å². The van der Waals surface area contributed by atoms with Gasteiger partial charge in [-0.15, -0.1) is 0 Å². The van der Waals surface area contributed by atoms with E-state index in [9.17, 15) is 4.79 Å². The minimum absolute atomic E-state index is 0.309. The molecule has 0 bridgehead atoms. The fourth-order valence-corrected chi connectivity index (χ4v) is 2.04. The maximum absolute atomic E-state index is 11.7. The summed E-state index contributed by atoms with van der Waals surface area (Å²) in [4.78, 5) is 11.7. The number of aromatic nitrogens is 2. The van der Waals surface area contributed by atoms with Crippen molar-refractivity contribution in [1.29, 1.82) is 0 Å². The van der Waals surface area contributed by atoms with Crippen LogP contribution in [0.25, 0.3) is 0 Å². The van der Waals surface area contributed by atoms with Crippen LogP contribution in [0.1, 0.15) is 28.7 Å². The fourth-order valence-electron chi connectivity index (χ4n) is 2.04. The lowest BCUT2D eigenvalue weighted by atomic mass is 10.2. The summed E-state index contributed by atoms with van der Waals surface area (Å²) in [5, 5.41) is 7.66. The first-order valence-electron chi connectivity index (χ1n) is 6.57. The van der Waals surface area contributed by atoms with Gasteiger partial charge in [-0.1, -0.05) is 6.07 Å². The Morgan fingerprint density at radius 2 is 2.15 bits per heavy atom. The molecule has 106 valence electrons. The summed E-state index contributed by atoms with van der Waals surface area (Å²) in [6.07, 6.45) is 0. The molecule has 1 aromatic heterocycles. The molecule has 0 amide bonds. The van der Waals surface area contributed by atoms with Gasteiger partial charge < -0.3 is 10.1 Å². The Balaban J connectivity index is 2.26. The van der Waals surface area contributed by atoms with E-state index in [0.29, 0.717) is 12.2 Å². The van der Waals surface area contributed by atoms with Crippen LogP contribution in [0.4, 0.5) is 11.4 Å². The predicted octanol–water partition coefficient (Wildman–Crippen LogP) is 2.96. The van der Waals surface area contributed by atoms with E-state index in [1.807, 2.05) is 37.7 Å². The normalized spacial score (nSPS) is 10.4. The van der Waals surface area contributed by atoms with Crippen LogP contribution in [0.3, 0.4) is 0 Å². The second-order valence-corrected chi connectivity index (χ2v) is 4.60. The molecule has 20 heavy (non-hydrogen) atoms. The van der Waals surface area contributed by atoms with Gasteiger partial charge in [0.25, 0.3) is 0 Å². The second kappa shape index (κ2) is 5.77.